The summed E-state index contributed by atoms with van der Waals surface area (Å²) >= 11 is 0. The highest BCUT2D eigenvalue weighted by Crippen LogP contribution is 2.25. The molecule has 160 valence electrons. The van der Waals surface area contributed by atoms with E-state index in [2.05, 4.69) is 134 Å². The first-order valence-electron chi connectivity index (χ1n) is 11.3. The average Bonchev–Trinajstić information content (AvgIpc) is 2.87. The Bertz CT molecular complexity index is 1010. The maximum atomic E-state index is 4.94. The summed E-state index contributed by atoms with van der Waals surface area (Å²) in [5.74, 6) is 1.49. The van der Waals surface area contributed by atoms with Crippen molar-refractivity contribution in [1.29, 1.82) is 0 Å². The number of amidine groups is 1. The van der Waals surface area contributed by atoms with Crippen LogP contribution >= 0.6 is 0 Å². The molecule has 0 saturated carbocycles. The van der Waals surface area contributed by atoms with E-state index in [1.807, 2.05) is 0 Å². The topological polar surface area (TPSA) is 24.4 Å². The van der Waals surface area contributed by atoms with Crippen LogP contribution in [0.25, 0.3) is 0 Å². The van der Waals surface area contributed by atoms with Gasteiger partial charge in [-0.25, -0.2) is 0 Å². The summed E-state index contributed by atoms with van der Waals surface area (Å²) in [5.41, 5.74) is 5.21. The maximum absolute atomic E-state index is 4.94. The molecule has 1 N–H and O–H groups in total. The highest BCUT2D eigenvalue weighted by Gasteiger charge is 2.15. The van der Waals surface area contributed by atoms with E-state index >= 15 is 0 Å². The predicted molar refractivity (Wildman–Crippen MR) is 135 cm³/mol. The normalized spacial score (nSPS) is 11.7. The van der Waals surface area contributed by atoms with Crippen LogP contribution in [-0.4, -0.2) is 18.9 Å². The van der Waals surface area contributed by atoms with E-state index < -0.39 is 0 Å². The van der Waals surface area contributed by atoms with Crippen molar-refractivity contribution in [1.82, 2.24) is 5.32 Å². The average molecular weight is 419 g/mol. The lowest BCUT2D eigenvalue weighted by molar-refractivity contribution is 0.745. The van der Waals surface area contributed by atoms with E-state index in [4.69, 9.17) is 4.99 Å². The molecule has 2 nitrogen and oxygen atoms in total. The Morgan fingerprint density at radius 3 is 1.28 bits per heavy atom. The zero-order chi connectivity index (χ0) is 22.0. The summed E-state index contributed by atoms with van der Waals surface area (Å²) < 4.78 is 0. The van der Waals surface area contributed by atoms with Crippen LogP contribution in [0.4, 0.5) is 0 Å². The summed E-state index contributed by atoms with van der Waals surface area (Å²) in [4.78, 5) is 4.94. The SMILES string of the molecule is CC(=NCC(c1ccccc1)c1ccccc1)NCC(c1ccccc1)c1ccccc1. The second-order valence-corrected chi connectivity index (χ2v) is 8.05. The minimum absolute atomic E-state index is 0.244. The molecule has 0 unspecified atom stereocenters. The first-order valence-corrected chi connectivity index (χ1v) is 11.3. The van der Waals surface area contributed by atoms with Crippen molar-refractivity contribution in [2.45, 2.75) is 18.8 Å². The van der Waals surface area contributed by atoms with Crippen LogP contribution in [0.3, 0.4) is 0 Å². The molecular formula is C30H30N2. The second-order valence-electron chi connectivity index (χ2n) is 8.05. The van der Waals surface area contributed by atoms with Gasteiger partial charge in [0, 0.05) is 18.4 Å². The Labute approximate surface area is 191 Å². The van der Waals surface area contributed by atoms with Crippen molar-refractivity contribution in [3.05, 3.63) is 144 Å². The molecule has 0 heterocycles. The molecule has 0 aliphatic carbocycles. The Morgan fingerprint density at radius 1 is 0.562 bits per heavy atom. The molecule has 0 atom stereocenters. The molecule has 4 aromatic rings. The smallest absolute Gasteiger partial charge is 0.0932 e. The van der Waals surface area contributed by atoms with E-state index in [1.54, 1.807) is 0 Å². The van der Waals surface area contributed by atoms with Crippen molar-refractivity contribution >= 4 is 5.84 Å². The van der Waals surface area contributed by atoms with Gasteiger partial charge < -0.3 is 5.32 Å². The third kappa shape index (κ3) is 5.73. The molecule has 0 aliphatic heterocycles. The molecular weight excluding hydrogens is 388 g/mol. The summed E-state index contributed by atoms with van der Waals surface area (Å²) in [6, 6.07) is 42.7. The van der Waals surface area contributed by atoms with Crippen molar-refractivity contribution in [2.75, 3.05) is 13.1 Å². The molecule has 0 spiro atoms. The first-order chi connectivity index (χ1) is 15.8. The first kappa shape index (κ1) is 21.6. The Kier molecular flexibility index (Phi) is 7.49. The fourth-order valence-electron chi connectivity index (χ4n) is 4.11. The Balaban J connectivity index is 1.49. The summed E-state index contributed by atoms with van der Waals surface area (Å²) in [6.07, 6.45) is 0. The van der Waals surface area contributed by atoms with Crippen LogP contribution in [0.2, 0.25) is 0 Å². The van der Waals surface area contributed by atoms with Crippen molar-refractivity contribution in [2.24, 2.45) is 4.99 Å². The van der Waals surface area contributed by atoms with Crippen molar-refractivity contribution < 1.29 is 0 Å². The number of hydrogen-bond donors (Lipinski definition) is 1. The standard InChI is InChI=1S/C30H30N2/c1-24(31-22-29(25-14-6-2-7-15-25)26-16-8-3-9-17-26)32-23-30(27-18-10-4-11-19-27)28-20-12-5-13-21-28/h2-21,29-30H,22-23H2,1H3,(H,31,32). The number of rotatable bonds is 8. The van der Waals surface area contributed by atoms with Gasteiger partial charge in [-0.15, -0.1) is 0 Å². The molecule has 4 aromatic carbocycles. The van der Waals surface area contributed by atoms with Gasteiger partial charge in [-0.3, -0.25) is 4.99 Å². The predicted octanol–water partition coefficient (Wildman–Crippen LogP) is 6.66. The van der Waals surface area contributed by atoms with Gasteiger partial charge in [0.15, 0.2) is 0 Å². The van der Waals surface area contributed by atoms with Gasteiger partial charge in [0.05, 0.1) is 12.4 Å². The van der Waals surface area contributed by atoms with Gasteiger partial charge in [-0.05, 0) is 29.2 Å². The van der Waals surface area contributed by atoms with E-state index in [0.717, 1.165) is 12.4 Å². The summed E-state index contributed by atoms with van der Waals surface area (Å²) in [7, 11) is 0. The minimum atomic E-state index is 0.244. The van der Waals surface area contributed by atoms with Gasteiger partial charge in [0.2, 0.25) is 0 Å². The van der Waals surface area contributed by atoms with E-state index in [1.165, 1.54) is 22.3 Å². The molecule has 0 fully saturated rings. The van der Waals surface area contributed by atoms with E-state index in [-0.39, 0.29) is 11.8 Å². The van der Waals surface area contributed by atoms with Gasteiger partial charge in [0.25, 0.3) is 0 Å². The summed E-state index contributed by atoms with van der Waals surface area (Å²) in [5, 5.41) is 3.59. The molecule has 0 saturated heterocycles. The lowest BCUT2D eigenvalue weighted by Gasteiger charge is -2.20. The molecule has 0 bridgehead atoms. The van der Waals surface area contributed by atoms with E-state index in [0.29, 0.717) is 6.54 Å². The molecule has 0 radical (unpaired) electrons. The number of aliphatic imine (C=N–C) groups is 1. The highest BCUT2D eigenvalue weighted by molar-refractivity contribution is 5.79. The quantitative estimate of drug-likeness (QED) is 0.251. The minimum Gasteiger partial charge on any atom is -0.373 e. The maximum Gasteiger partial charge on any atom is 0.0932 e. The number of hydrogen-bond acceptors (Lipinski definition) is 1. The summed E-state index contributed by atoms with van der Waals surface area (Å²) in [6.45, 7) is 3.60. The van der Waals surface area contributed by atoms with Gasteiger partial charge in [0.1, 0.15) is 0 Å². The molecule has 2 heteroatoms. The molecule has 4 rings (SSSR count). The highest BCUT2D eigenvalue weighted by atomic mass is 15.0. The number of nitrogens with zero attached hydrogens (tertiary/aromatic N) is 1. The lowest BCUT2D eigenvalue weighted by Crippen LogP contribution is -2.27. The zero-order valence-electron chi connectivity index (χ0n) is 18.6. The molecule has 0 amide bonds. The fourth-order valence-corrected chi connectivity index (χ4v) is 4.11. The van der Waals surface area contributed by atoms with Crippen LogP contribution in [0.1, 0.15) is 41.0 Å². The number of nitrogens with one attached hydrogen (secondary N) is 1. The lowest BCUT2D eigenvalue weighted by atomic mass is 9.91. The van der Waals surface area contributed by atoms with Gasteiger partial charge >= 0.3 is 0 Å². The van der Waals surface area contributed by atoms with Crippen LogP contribution in [0.15, 0.2) is 126 Å². The Morgan fingerprint density at radius 2 is 0.906 bits per heavy atom. The van der Waals surface area contributed by atoms with Gasteiger partial charge in [-0.1, -0.05) is 121 Å². The Hall–Kier alpha value is -3.65. The second kappa shape index (κ2) is 11.1. The monoisotopic (exact) mass is 418 g/mol. The molecule has 0 aromatic heterocycles. The van der Waals surface area contributed by atoms with E-state index in [9.17, 15) is 0 Å². The van der Waals surface area contributed by atoms with Gasteiger partial charge in [-0.2, -0.15) is 0 Å². The van der Waals surface area contributed by atoms with Crippen molar-refractivity contribution in [3.8, 4) is 0 Å². The van der Waals surface area contributed by atoms with Crippen LogP contribution in [0, 0.1) is 0 Å². The number of benzene rings is 4. The van der Waals surface area contributed by atoms with Crippen LogP contribution < -0.4 is 5.32 Å². The van der Waals surface area contributed by atoms with Crippen LogP contribution in [0.5, 0.6) is 0 Å². The third-order valence-corrected chi connectivity index (χ3v) is 5.88. The largest absolute Gasteiger partial charge is 0.373 e. The third-order valence-electron chi connectivity index (χ3n) is 5.88. The molecule has 32 heavy (non-hydrogen) atoms. The molecule has 0 aliphatic rings. The van der Waals surface area contributed by atoms with Crippen LogP contribution in [-0.2, 0) is 0 Å². The fraction of sp³-hybridized carbons (Fsp3) is 0.167. The zero-order valence-corrected chi connectivity index (χ0v) is 18.6. The van der Waals surface area contributed by atoms with Crippen molar-refractivity contribution in [3.63, 3.8) is 0 Å².